The maximum atomic E-state index is 11.8. The fourth-order valence-electron chi connectivity index (χ4n) is 2.53. The first kappa shape index (κ1) is 14.0. The maximum Gasteiger partial charge on any atom is 0.303 e. The first-order valence-corrected chi connectivity index (χ1v) is 6.52. The van der Waals surface area contributed by atoms with Crippen LogP contribution in [-0.4, -0.2) is 35.0 Å². The fraction of sp³-hybridized carbons (Fsp3) is 0.846. The Morgan fingerprint density at radius 2 is 1.76 bits per heavy atom. The molecule has 0 atom stereocenters. The number of carbonyl (C=O) groups excluding carboxylic acids is 1. The fourth-order valence-corrected chi connectivity index (χ4v) is 2.53. The van der Waals surface area contributed by atoms with Crippen molar-refractivity contribution in [2.45, 2.75) is 57.9 Å². The predicted octanol–water partition coefficient (Wildman–Crippen LogP) is 2.28. The molecule has 0 aliphatic heterocycles. The van der Waals surface area contributed by atoms with Gasteiger partial charge in [-0.15, -0.1) is 0 Å². The van der Waals surface area contributed by atoms with Crippen LogP contribution >= 0.6 is 0 Å². The van der Waals surface area contributed by atoms with Crippen molar-refractivity contribution in [1.82, 2.24) is 4.90 Å². The monoisotopic (exact) mass is 241 g/mol. The van der Waals surface area contributed by atoms with Gasteiger partial charge >= 0.3 is 5.97 Å². The molecule has 0 saturated heterocycles. The zero-order valence-corrected chi connectivity index (χ0v) is 10.8. The van der Waals surface area contributed by atoms with Crippen molar-refractivity contribution in [3.63, 3.8) is 0 Å². The first-order chi connectivity index (χ1) is 8.04. The quantitative estimate of drug-likeness (QED) is 0.803. The van der Waals surface area contributed by atoms with Crippen LogP contribution in [0.2, 0.25) is 0 Å². The number of rotatable bonds is 5. The number of carboxylic acid groups (broad SMARTS) is 1. The molecule has 0 unspecified atom stereocenters. The van der Waals surface area contributed by atoms with Crippen LogP contribution in [0.4, 0.5) is 0 Å². The average molecular weight is 241 g/mol. The molecule has 17 heavy (non-hydrogen) atoms. The van der Waals surface area contributed by atoms with Gasteiger partial charge in [-0.2, -0.15) is 0 Å². The molecule has 0 spiro atoms. The summed E-state index contributed by atoms with van der Waals surface area (Å²) in [7, 11) is 1.81. The summed E-state index contributed by atoms with van der Waals surface area (Å²) >= 11 is 0. The Morgan fingerprint density at radius 1 is 1.18 bits per heavy atom. The van der Waals surface area contributed by atoms with E-state index in [-0.39, 0.29) is 18.7 Å². The van der Waals surface area contributed by atoms with E-state index >= 15 is 0 Å². The zero-order valence-electron chi connectivity index (χ0n) is 10.8. The minimum absolute atomic E-state index is 0.0349. The Labute approximate surface area is 103 Å². The highest BCUT2D eigenvalue weighted by molar-refractivity contribution is 5.80. The maximum absolute atomic E-state index is 11.8. The first-order valence-electron chi connectivity index (χ1n) is 6.52. The smallest absolute Gasteiger partial charge is 0.303 e. The lowest BCUT2D eigenvalue weighted by atomic mass is 9.84. The Hall–Kier alpha value is -1.06. The van der Waals surface area contributed by atoms with Crippen LogP contribution in [0.1, 0.15) is 51.9 Å². The van der Waals surface area contributed by atoms with Crippen molar-refractivity contribution in [3.8, 4) is 0 Å². The van der Waals surface area contributed by atoms with Crippen LogP contribution in [0.15, 0.2) is 0 Å². The lowest BCUT2D eigenvalue weighted by Gasteiger charge is -2.34. The lowest BCUT2D eigenvalue weighted by Crippen LogP contribution is -2.39. The van der Waals surface area contributed by atoms with Gasteiger partial charge in [0, 0.05) is 19.5 Å². The molecule has 0 aromatic heterocycles. The molecule has 1 N–H and O–H groups in total. The zero-order chi connectivity index (χ0) is 12.8. The Morgan fingerprint density at radius 3 is 2.24 bits per heavy atom. The number of amides is 1. The Balaban J connectivity index is 2.34. The van der Waals surface area contributed by atoms with E-state index in [1.807, 2.05) is 0 Å². The molecule has 98 valence electrons. The van der Waals surface area contributed by atoms with Gasteiger partial charge in [0.05, 0.1) is 6.42 Å². The molecular formula is C13H23NO3. The van der Waals surface area contributed by atoms with Crippen molar-refractivity contribution in [2.75, 3.05) is 7.05 Å². The summed E-state index contributed by atoms with van der Waals surface area (Å²) in [5.41, 5.74) is 0. The second kappa shape index (κ2) is 6.62. The second-order valence-corrected chi connectivity index (χ2v) is 4.98. The van der Waals surface area contributed by atoms with Gasteiger partial charge in [0.1, 0.15) is 0 Å². The summed E-state index contributed by atoms with van der Waals surface area (Å²) < 4.78 is 0. The number of carboxylic acids is 1. The van der Waals surface area contributed by atoms with E-state index in [0.717, 1.165) is 18.8 Å². The van der Waals surface area contributed by atoms with E-state index in [1.54, 1.807) is 11.9 Å². The molecule has 0 heterocycles. The third-order valence-corrected chi connectivity index (χ3v) is 3.89. The highest BCUT2D eigenvalue weighted by Gasteiger charge is 2.25. The molecule has 1 amide bonds. The number of carbonyl (C=O) groups is 2. The van der Waals surface area contributed by atoms with Crippen molar-refractivity contribution in [3.05, 3.63) is 0 Å². The molecule has 0 bridgehead atoms. The number of aliphatic carboxylic acids is 1. The van der Waals surface area contributed by atoms with Crippen molar-refractivity contribution in [1.29, 1.82) is 0 Å². The minimum Gasteiger partial charge on any atom is -0.481 e. The Kier molecular flexibility index (Phi) is 5.45. The van der Waals surface area contributed by atoms with Gasteiger partial charge < -0.3 is 10.0 Å². The SMILES string of the molecule is CCC1CCC(N(C)C(=O)CCC(=O)O)CC1. The summed E-state index contributed by atoms with van der Waals surface area (Å²) in [5, 5.41) is 8.55. The van der Waals surface area contributed by atoms with E-state index in [1.165, 1.54) is 19.3 Å². The molecule has 1 aliphatic carbocycles. The van der Waals surface area contributed by atoms with Gasteiger partial charge in [0.2, 0.25) is 5.91 Å². The van der Waals surface area contributed by atoms with E-state index in [2.05, 4.69) is 6.92 Å². The highest BCUT2D eigenvalue weighted by atomic mass is 16.4. The largest absolute Gasteiger partial charge is 0.481 e. The number of hydrogen-bond acceptors (Lipinski definition) is 2. The van der Waals surface area contributed by atoms with Crippen molar-refractivity contribution < 1.29 is 14.7 Å². The molecule has 0 aromatic carbocycles. The standard InChI is InChI=1S/C13H23NO3/c1-3-10-4-6-11(7-5-10)14(2)12(15)8-9-13(16)17/h10-11H,3-9H2,1-2H3,(H,16,17). The predicted molar refractivity (Wildman–Crippen MR) is 65.7 cm³/mol. The van der Waals surface area contributed by atoms with Crippen molar-refractivity contribution >= 4 is 11.9 Å². The van der Waals surface area contributed by atoms with Gasteiger partial charge in [-0.25, -0.2) is 0 Å². The van der Waals surface area contributed by atoms with Gasteiger partial charge in [-0.05, 0) is 31.6 Å². The van der Waals surface area contributed by atoms with Crippen LogP contribution in [-0.2, 0) is 9.59 Å². The summed E-state index contributed by atoms with van der Waals surface area (Å²) in [6, 6.07) is 0.319. The summed E-state index contributed by atoms with van der Waals surface area (Å²) in [4.78, 5) is 23.9. The van der Waals surface area contributed by atoms with Crippen molar-refractivity contribution in [2.24, 2.45) is 5.92 Å². The van der Waals surface area contributed by atoms with E-state index in [9.17, 15) is 9.59 Å². The van der Waals surface area contributed by atoms with Crippen LogP contribution in [0.5, 0.6) is 0 Å². The summed E-state index contributed by atoms with van der Waals surface area (Å²) in [6.07, 6.45) is 5.80. The third kappa shape index (κ3) is 4.36. The number of nitrogens with zero attached hydrogens (tertiary/aromatic N) is 1. The van der Waals surface area contributed by atoms with Crippen LogP contribution in [0, 0.1) is 5.92 Å². The molecule has 4 nitrogen and oxygen atoms in total. The van der Waals surface area contributed by atoms with Gasteiger partial charge in [-0.1, -0.05) is 13.3 Å². The molecule has 1 fully saturated rings. The van der Waals surface area contributed by atoms with E-state index in [4.69, 9.17) is 5.11 Å². The van der Waals surface area contributed by atoms with Gasteiger partial charge in [0.15, 0.2) is 0 Å². The van der Waals surface area contributed by atoms with E-state index < -0.39 is 5.97 Å². The van der Waals surface area contributed by atoms with Gasteiger partial charge in [0.25, 0.3) is 0 Å². The van der Waals surface area contributed by atoms with E-state index in [0.29, 0.717) is 6.04 Å². The minimum atomic E-state index is -0.901. The molecule has 1 rings (SSSR count). The molecule has 4 heteroatoms. The van der Waals surface area contributed by atoms with Crippen LogP contribution < -0.4 is 0 Å². The third-order valence-electron chi connectivity index (χ3n) is 3.89. The summed E-state index contributed by atoms with van der Waals surface area (Å²) in [6.45, 7) is 2.22. The molecule has 1 saturated carbocycles. The van der Waals surface area contributed by atoms with Gasteiger partial charge in [-0.3, -0.25) is 9.59 Å². The van der Waals surface area contributed by atoms with Crippen LogP contribution in [0.25, 0.3) is 0 Å². The summed E-state index contributed by atoms with van der Waals surface area (Å²) in [5.74, 6) is -0.123. The second-order valence-electron chi connectivity index (χ2n) is 4.98. The number of hydrogen-bond donors (Lipinski definition) is 1. The molecule has 0 radical (unpaired) electrons. The molecule has 0 aromatic rings. The molecule has 1 aliphatic rings. The topological polar surface area (TPSA) is 57.6 Å². The highest BCUT2D eigenvalue weighted by Crippen LogP contribution is 2.29. The van der Waals surface area contributed by atoms with Crippen LogP contribution in [0.3, 0.4) is 0 Å². The average Bonchev–Trinajstić information content (AvgIpc) is 2.35. The lowest BCUT2D eigenvalue weighted by molar-refractivity contribution is -0.141. The normalized spacial score (nSPS) is 24.4. The molecular weight excluding hydrogens is 218 g/mol. The Bertz CT molecular complexity index is 270.